The number of halogens is 1. The number of hydrogen-bond acceptors (Lipinski definition) is 4. The van der Waals surface area contributed by atoms with Crippen molar-refractivity contribution >= 4 is 22.5 Å². The molecule has 1 heterocycles. The summed E-state index contributed by atoms with van der Waals surface area (Å²) < 4.78 is 10.4. The fraction of sp³-hybridized carbons (Fsp3) is 0.0667. The predicted molar refractivity (Wildman–Crippen MR) is 76.1 cm³/mol. The van der Waals surface area contributed by atoms with Crippen LogP contribution < -0.4 is 10.4 Å². The quantitative estimate of drug-likeness (QED) is 0.740. The normalized spacial score (nSPS) is 10.7. The van der Waals surface area contributed by atoms with Crippen molar-refractivity contribution in [2.75, 3.05) is 0 Å². The summed E-state index contributed by atoms with van der Waals surface area (Å²) >= 11 is 5.95. The molecule has 0 unspecified atom stereocenters. The summed E-state index contributed by atoms with van der Waals surface area (Å²) in [6.07, 6.45) is -0.0615. The first-order valence-electron chi connectivity index (χ1n) is 6.00. The molecule has 0 amide bonds. The van der Waals surface area contributed by atoms with Crippen molar-refractivity contribution in [3.63, 3.8) is 0 Å². The summed E-state index contributed by atoms with van der Waals surface area (Å²) in [7, 11) is 0. The number of hydrogen-bond donors (Lipinski definition) is 0. The molecule has 2 aromatic carbocycles. The molecule has 0 saturated carbocycles. The Bertz CT molecular complexity index is 799. The van der Waals surface area contributed by atoms with E-state index in [0.717, 1.165) is 5.56 Å². The number of rotatable bonds is 3. The third-order valence-electron chi connectivity index (χ3n) is 2.79. The average molecular weight is 288 g/mol. The maximum absolute atomic E-state index is 11.9. The van der Waals surface area contributed by atoms with Gasteiger partial charge in [0.05, 0.1) is 10.5 Å². The van der Waals surface area contributed by atoms with Gasteiger partial charge in [0.25, 0.3) is 0 Å². The molecule has 3 rings (SSSR count). The van der Waals surface area contributed by atoms with Crippen LogP contribution in [0.3, 0.4) is 0 Å². The molecule has 0 saturated heterocycles. The van der Waals surface area contributed by atoms with Crippen LogP contribution in [0.2, 0.25) is 5.02 Å². The number of fused-ring (bicyclic) bond motifs is 1. The second-order valence-corrected chi connectivity index (χ2v) is 4.58. The molecule has 0 radical (unpaired) electrons. The monoisotopic (exact) mass is 287 g/mol. The molecule has 0 aliphatic heterocycles. The molecule has 0 aliphatic rings. The second-order valence-electron chi connectivity index (χ2n) is 4.18. The van der Waals surface area contributed by atoms with Crippen molar-refractivity contribution in [3.05, 3.63) is 69.5 Å². The van der Waals surface area contributed by atoms with Crippen molar-refractivity contribution in [2.45, 2.75) is 6.61 Å². The van der Waals surface area contributed by atoms with Gasteiger partial charge in [-0.25, -0.2) is 4.79 Å². The van der Waals surface area contributed by atoms with Gasteiger partial charge in [0.2, 0.25) is 0 Å². The lowest BCUT2D eigenvalue weighted by molar-refractivity contribution is 0.207. The molecular weight excluding hydrogens is 278 g/mol. The Labute approximate surface area is 119 Å². The summed E-state index contributed by atoms with van der Waals surface area (Å²) in [4.78, 5) is 16.0. The van der Waals surface area contributed by atoms with Gasteiger partial charge in [0, 0.05) is 0 Å². The molecular formula is C15H10ClNO3. The van der Waals surface area contributed by atoms with Gasteiger partial charge >= 0.3 is 11.7 Å². The molecule has 1 aromatic heterocycles. The zero-order valence-corrected chi connectivity index (χ0v) is 11.1. The van der Waals surface area contributed by atoms with E-state index < -0.39 is 5.63 Å². The van der Waals surface area contributed by atoms with Gasteiger partial charge in [0.1, 0.15) is 12.0 Å². The SMILES string of the molecule is O=c1oc(OCc2ccccc2)nc2cccc(Cl)c12. The van der Waals surface area contributed by atoms with Gasteiger partial charge in [-0.15, -0.1) is 0 Å². The van der Waals surface area contributed by atoms with E-state index in [2.05, 4.69) is 4.98 Å². The van der Waals surface area contributed by atoms with Crippen LogP contribution in [0.5, 0.6) is 6.08 Å². The highest BCUT2D eigenvalue weighted by atomic mass is 35.5. The van der Waals surface area contributed by atoms with Gasteiger partial charge in [-0.1, -0.05) is 48.0 Å². The molecule has 20 heavy (non-hydrogen) atoms. The second kappa shape index (κ2) is 5.35. The number of benzene rings is 2. The molecule has 0 atom stereocenters. The smallest absolute Gasteiger partial charge is 0.397 e. The summed E-state index contributed by atoms with van der Waals surface area (Å²) in [5.41, 5.74) is 0.864. The molecule has 0 spiro atoms. The molecule has 0 aliphatic carbocycles. The van der Waals surface area contributed by atoms with Gasteiger partial charge in [-0.05, 0) is 17.7 Å². The van der Waals surface area contributed by atoms with Crippen LogP contribution in [0.4, 0.5) is 0 Å². The summed E-state index contributed by atoms with van der Waals surface area (Å²) in [6.45, 7) is 0.281. The van der Waals surface area contributed by atoms with Crippen molar-refractivity contribution in [1.29, 1.82) is 0 Å². The highest BCUT2D eigenvalue weighted by Gasteiger charge is 2.10. The van der Waals surface area contributed by atoms with E-state index in [4.69, 9.17) is 20.8 Å². The lowest BCUT2D eigenvalue weighted by atomic mass is 10.2. The van der Waals surface area contributed by atoms with Crippen LogP contribution in [0.25, 0.3) is 10.9 Å². The van der Waals surface area contributed by atoms with Crippen LogP contribution >= 0.6 is 11.6 Å². The summed E-state index contributed by atoms with van der Waals surface area (Å²) in [5, 5.41) is 0.583. The van der Waals surface area contributed by atoms with Gasteiger partial charge in [-0.2, -0.15) is 4.98 Å². The maximum atomic E-state index is 11.9. The van der Waals surface area contributed by atoms with E-state index in [-0.39, 0.29) is 18.1 Å². The first-order valence-corrected chi connectivity index (χ1v) is 6.38. The van der Waals surface area contributed by atoms with Gasteiger partial charge < -0.3 is 9.15 Å². The van der Waals surface area contributed by atoms with Gasteiger partial charge in [-0.3, -0.25) is 0 Å². The highest BCUT2D eigenvalue weighted by molar-refractivity contribution is 6.35. The third-order valence-corrected chi connectivity index (χ3v) is 3.11. The first kappa shape index (κ1) is 12.7. The van der Waals surface area contributed by atoms with Crippen molar-refractivity contribution < 1.29 is 9.15 Å². The van der Waals surface area contributed by atoms with E-state index in [0.29, 0.717) is 10.5 Å². The van der Waals surface area contributed by atoms with E-state index >= 15 is 0 Å². The summed E-state index contributed by atoms with van der Waals surface area (Å²) in [5.74, 6) is 0. The van der Waals surface area contributed by atoms with E-state index in [9.17, 15) is 4.79 Å². The lowest BCUT2D eigenvalue weighted by Crippen LogP contribution is -2.05. The standard InChI is InChI=1S/C15H10ClNO3/c16-11-7-4-8-12-13(11)14(18)20-15(17-12)19-9-10-5-2-1-3-6-10/h1-8H,9H2. The number of aromatic nitrogens is 1. The van der Waals surface area contributed by atoms with Crippen LogP contribution in [0.1, 0.15) is 5.56 Å². The zero-order valence-electron chi connectivity index (χ0n) is 10.4. The Morgan fingerprint density at radius 2 is 1.90 bits per heavy atom. The largest absolute Gasteiger partial charge is 0.445 e. The summed E-state index contributed by atoms with van der Waals surface area (Å²) in [6, 6.07) is 14.6. The van der Waals surface area contributed by atoms with Crippen LogP contribution in [0, 0.1) is 0 Å². The minimum atomic E-state index is -0.552. The van der Waals surface area contributed by atoms with E-state index in [1.54, 1.807) is 18.2 Å². The van der Waals surface area contributed by atoms with Crippen LogP contribution in [0.15, 0.2) is 57.7 Å². The third kappa shape index (κ3) is 2.51. The molecule has 0 bridgehead atoms. The van der Waals surface area contributed by atoms with E-state index in [1.807, 2.05) is 30.3 Å². The van der Waals surface area contributed by atoms with E-state index in [1.165, 1.54) is 0 Å². The Morgan fingerprint density at radius 3 is 2.70 bits per heavy atom. The first-order chi connectivity index (χ1) is 9.74. The average Bonchev–Trinajstić information content (AvgIpc) is 2.46. The molecule has 100 valence electrons. The highest BCUT2D eigenvalue weighted by Crippen LogP contribution is 2.20. The minimum Gasteiger partial charge on any atom is -0.445 e. The predicted octanol–water partition coefficient (Wildman–Crippen LogP) is 3.42. The Hall–Kier alpha value is -2.33. The fourth-order valence-corrected chi connectivity index (χ4v) is 2.09. The van der Waals surface area contributed by atoms with Crippen molar-refractivity contribution in [1.82, 2.24) is 4.98 Å². The Balaban J connectivity index is 1.92. The number of ether oxygens (including phenoxy) is 1. The Morgan fingerprint density at radius 1 is 1.10 bits per heavy atom. The zero-order chi connectivity index (χ0) is 13.9. The topological polar surface area (TPSA) is 52.3 Å². The molecule has 4 nitrogen and oxygen atoms in total. The van der Waals surface area contributed by atoms with Gasteiger partial charge in [0.15, 0.2) is 0 Å². The molecule has 0 N–H and O–H groups in total. The number of nitrogens with zero attached hydrogens (tertiary/aromatic N) is 1. The van der Waals surface area contributed by atoms with Crippen LogP contribution in [-0.4, -0.2) is 4.98 Å². The lowest BCUT2D eigenvalue weighted by Gasteiger charge is -2.04. The minimum absolute atomic E-state index is 0.0615. The van der Waals surface area contributed by atoms with Crippen molar-refractivity contribution in [3.8, 4) is 6.08 Å². The van der Waals surface area contributed by atoms with Crippen LogP contribution in [-0.2, 0) is 6.61 Å². The molecule has 5 heteroatoms. The molecule has 3 aromatic rings. The Kier molecular flexibility index (Phi) is 3.39. The van der Waals surface area contributed by atoms with Crippen molar-refractivity contribution in [2.24, 2.45) is 0 Å². The fourth-order valence-electron chi connectivity index (χ4n) is 1.84. The molecule has 0 fully saturated rings. The maximum Gasteiger partial charge on any atom is 0.397 e.